The van der Waals surface area contributed by atoms with Gasteiger partial charge in [0.15, 0.2) is 0 Å². The number of nitrogens with one attached hydrogen (secondary N) is 1. The molecule has 0 fully saturated rings. The predicted molar refractivity (Wildman–Crippen MR) is 93.4 cm³/mol. The zero-order valence-electron chi connectivity index (χ0n) is 13.8. The molecule has 0 aliphatic heterocycles. The van der Waals surface area contributed by atoms with Gasteiger partial charge in [-0.15, -0.1) is 0 Å². The Kier molecular flexibility index (Phi) is 4.75. The molecule has 1 N–H and O–H groups in total. The Labute approximate surface area is 141 Å². The minimum absolute atomic E-state index is 0.0424. The summed E-state index contributed by atoms with van der Waals surface area (Å²) in [6, 6.07) is 17.7. The van der Waals surface area contributed by atoms with Gasteiger partial charge in [0.2, 0.25) is 11.8 Å². The normalized spacial score (nSPS) is 11.9. The first-order chi connectivity index (χ1) is 11.6. The van der Waals surface area contributed by atoms with Crippen LogP contribution in [0.1, 0.15) is 29.8 Å². The lowest BCUT2D eigenvalue weighted by atomic mass is 10.0. The van der Waals surface area contributed by atoms with Gasteiger partial charge in [0.25, 0.3) is 0 Å². The van der Waals surface area contributed by atoms with Crippen molar-refractivity contribution in [2.75, 3.05) is 0 Å². The predicted octanol–water partition coefficient (Wildman–Crippen LogP) is 4.07. The number of hydrogen-bond acceptors (Lipinski definition) is 3. The molecule has 0 saturated heterocycles. The molecule has 0 bridgehead atoms. The van der Waals surface area contributed by atoms with Crippen LogP contribution in [0.25, 0.3) is 11.5 Å². The number of aromatic nitrogens is 1. The molecule has 24 heavy (non-hydrogen) atoms. The Morgan fingerprint density at radius 2 is 1.83 bits per heavy atom. The Hall–Kier alpha value is -2.88. The molecule has 4 nitrogen and oxygen atoms in total. The fourth-order valence-corrected chi connectivity index (χ4v) is 2.71. The topological polar surface area (TPSA) is 55.1 Å². The quantitative estimate of drug-likeness (QED) is 0.771. The number of carbonyl (C=O) groups excluding carboxylic acids is 1. The summed E-state index contributed by atoms with van der Waals surface area (Å²) in [6.07, 6.45) is 1.74. The maximum atomic E-state index is 12.3. The van der Waals surface area contributed by atoms with Crippen molar-refractivity contribution in [1.29, 1.82) is 0 Å². The average Bonchev–Trinajstić information content (AvgIpc) is 3.04. The number of oxazole rings is 1. The van der Waals surface area contributed by atoms with E-state index in [1.165, 1.54) is 0 Å². The number of amides is 1. The molecule has 122 valence electrons. The molecule has 1 amide bonds. The highest BCUT2D eigenvalue weighted by Crippen LogP contribution is 2.19. The van der Waals surface area contributed by atoms with Crippen LogP contribution in [0.3, 0.4) is 0 Å². The third-order valence-corrected chi connectivity index (χ3v) is 3.95. The lowest BCUT2D eigenvalue weighted by Gasteiger charge is -2.16. The van der Waals surface area contributed by atoms with Crippen molar-refractivity contribution in [1.82, 2.24) is 10.3 Å². The van der Waals surface area contributed by atoms with Crippen molar-refractivity contribution in [3.05, 3.63) is 77.7 Å². The van der Waals surface area contributed by atoms with Crippen molar-refractivity contribution < 1.29 is 9.21 Å². The van der Waals surface area contributed by atoms with E-state index in [4.69, 9.17) is 4.42 Å². The van der Waals surface area contributed by atoms with Gasteiger partial charge < -0.3 is 9.73 Å². The van der Waals surface area contributed by atoms with Crippen molar-refractivity contribution in [2.24, 2.45) is 0 Å². The van der Waals surface area contributed by atoms with Gasteiger partial charge in [0.1, 0.15) is 6.26 Å². The van der Waals surface area contributed by atoms with Crippen molar-refractivity contribution >= 4 is 5.91 Å². The summed E-state index contributed by atoms with van der Waals surface area (Å²) < 4.78 is 5.47. The lowest BCUT2D eigenvalue weighted by Crippen LogP contribution is -2.28. The van der Waals surface area contributed by atoms with Gasteiger partial charge in [-0.3, -0.25) is 4.79 Å². The van der Waals surface area contributed by atoms with Crippen molar-refractivity contribution in [3.63, 3.8) is 0 Å². The second-order valence-electron chi connectivity index (χ2n) is 5.83. The summed E-state index contributed by atoms with van der Waals surface area (Å²) in [7, 11) is 0. The molecular weight excluding hydrogens is 300 g/mol. The molecule has 1 heterocycles. The molecule has 1 atom stereocenters. The fraction of sp³-hybridized carbons (Fsp3) is 0.200. The molecule has 0 radical (unpaired) electrons. The van der Waals surface area contributed by atoms with Crippen molar-refractivity contribution in [2.45, 2.75) is 26.3 Å². The molecule has 1 aromatic heterocycles. The molecule has 0 spiro atoms. The molecule has 2 aromatic carbocycles. The van der Waals surface area contributed by atoms with Crippen molar-refractivity contribution in [3.8, 4) is 11.5 Å². The highest BCUT2D eigenvalue weighted by atomic mass is 16.3. The zero-order chi connectivity index (χ0) is 16.9. The SMILES string of the molecule is Cc1ccccc1C(C)NC(=O)Cc1coc(-c2ccccc2)n1. The number of rotatable bonds is 5. The van der Waals surface area contributed by atoms with Crippen LogP contribution in [0.4, 0.5) is 0 Å². The van der Waals surface area contributed by atoms with Gasteiger partial charge in [-0.25, -0.2) is 4.98 Å². The largest absolute Gasteiger partial charge is 0.444 e. The third kappa shape index (κ3) is 3.71. The van der Waals surface area contributed by atoms with Gasteiger partial charge in [-0.1, -0.05) is 42.5 Å². The van der Waals surface area contributed by atoms with E-state index in [1.807, 2.05) is 68.4 Å². The smallest absolute Gasteiger partial charge is 0.226 e. The number of hydrogen-bond donors (Lipinski definition) is 1. The highest BCUT2D eigenvalue weighted by molar-refractivity contribution is 5.78. The van der Waals surface area contributed by atoms with Crippen LogP contribution in [0.5, 0.6) is 0 Å². The Morgan fingerprint density at radius 1 is 1.12 bits per heavy atom. The van der Waals surface area contributed by atoms with Gasteiger partial charge in [0, 0.05) is 5.56 Å². The Morgan fingerprint density at radius 3 is 2.58 bits per heavy atom. The molecular formula is C20H20N2O2. The highest BCUT2D eigenvalue weighted by Gasteiger charge is 2.14. The van der Waals surface area contributed by atoms with Gasteiger partial charge in [0.05, 0.1) is 18.2 Å². The minimum atomic E-state index is -0.0707. The van der Waals surface area contributed by atoms with E-state index >= 15 is 0 Å². The van der Waals surface area contributed by atoms with E-state index in [0.717, 1.165) is 16.7 Å². The molecule has 0 aliphatic carbocycles. The molecule has 3 rings (SSSR count). The maximum Gasteiger partial charge on any atom is 0.226 e. The fourth-order valence-electron chi connectivity index (χ4n) is 2.71. The van der Waals surface area contributed by atoms with Crippen LogP contribution in [-0.2, 0) is 11.2 Å². The van der Waals surface area contributed by atoms with E-state index in [0.29, 0.717) is 11.6 Å². The van der Waals surface area contributed by atoms with Gasteiger partial charge in [-0.2, -0.15) is 0 Å². The van der Waals surface area contributed by atoms with Crippen LogP contribution < -0.4 is 5.32 Å². The lowest BCUT2D eigenvalue weighted by molar-refractivity contribution is -0.121. The van der Waals surface area contributed by atoms with Crippen LogP contribution in [-0.4, -0.2) is 10.9 Å². The van der Waals surface area contributed by atoms with E-state index in [2.05, 4.69) is 10.3 Å². The van der Waals surface area contributed by atoms with E-state index in [-0.39, 0.29) is 18.4 Å². The second-order valence-corrected chi connectivity index (χ2v) is 5.83. The summed E-state index contributed by atoms with van der Waals surface area (Å²) in [6.45, 7) is 4.03. The standard InChI is InChI=1S/C20H20N2O2/c1-14-8-6-7-11-18(14)15(2)21-19(23)12-17-13-24-20(22-17)16-9-4-3-5-10-16/h3-11,13,15H,12H2,1-2H3,(H,21,23). The van der Waals surface area contributed by atoms with E-state index in [1.54, 1.807) is 6.26 Å². The molecule has 4 heteroatoms. The van der Waals surface area contributed by atoms with E-state index < -0.39 is 0 Å². The monoisotopic (exact) mass is 320 g/mol. The van der Waals surface area contributed by atoms with Crippen LogP contribution in [0.15, 0.2) is 65.3 Å². The maximum absolute atomic E-state index is 12.3. The summed E-state index contributed by atoms with van der Waals surface area (Å²) in [5, 5.41) is 3.01. The molecule has 3 aromatic rings. The number of carbonyl (C=O) groups is 1. The van der Waals surface area contributed by atoms with Crippen LogP contribution in [0, 0.1) is 6.92 Å². The Balaban J connectivity index is 1.63. The van der Waals surface area contributed by atoms with E-state index in [9.17, 15) is 4.79 Å². The first kappa shape index (κ1) is 16.0. The summed E-state index contributed by atoms with van der Waals surface area (Å²) in [5.41, 5.74) is 3.81. The molecule has 0 aliphatic rings. The third-order valence-electron chi connectivity index (χ3n) is 3.95. The summed E-state index contributed by atoms with van der Waals surface area (Å²) in [5.74, 6) is 0.462. The average molecular weight is 320 g/mol. The van der Waals surface area contributed by atoms with Gasteiger partial charge >= 0.3 is 0 Å². The van der Waals surface area contributed by atoms with Crippen LogP contribution in [0.2, 0.25) is 0 Å². The van der Waals surface area contributed by atoms with Gasteiger partial charge in [-0.05, 0) is 37.1 Å². The minimum Gasteiger partial charge on any atom is -0.444 e. The first-order valence-electron chi connectivity index (χ1n) is 7.98. The molecule has 0 saturated carbocycles. The number of benzene rings is 2. The molecule has 1 unspecified atom stereocenters. The summed E-state index contributed by atoms with van der Waals surface area (Å²) in [4.78, 5) is 16.7. The summed E-state index contributed by atoms with van der Waals surface area (Å²) >= 11 is 0. The number of nitrogens with zero attached hydrogens (tertiary/aromatic N) is 1. The number of aryl methyl sites for hydroxylation is 1. The Bertz CT molecular complexity index is 824. The zero-order valence-corrected chi connectivity index (χ0v) is 13.8. The van der Waals surface area contributed by atoms with Crippen LogP contribution >= 0.6 is 0 Å². The first-order valence-corrected chi connectivity index (χ1v) is 7.98. The second kappa shape index (κ2) is 7.13.